The van der Waals surface area contributed by atoms with Crippen LogP contribution in [-0.2, 0) is 0 Å². The van der Waals surface area contributed by atoms with Crippen LogP contribution in [0, 0.1) is 0 Å². The van der Waals surface area contributed by atoms with Gasteiger partial charge in [0, 0.05) is 22.1 Å². The molecule has 7 heteroatoms. The number of tetrazole rings is 1. The number of H-pyrrole nitrogens is 1. The molecule has 6 nitrogen and oxygen atoms in total. The largest absolute Gasteiger partial charge is 0.497 e. The molecule has 2 aromatic carbocycles. The smallest absolute Gasteiger partial charge is 0.204 e. The first kappa shape index (κ1) is 14.5. The Balaban J connectivity index is 1.60. The van der Waals surface area contributed by atoms with Crippen molar-refractivity contribution in [3.63, 3.8) is 0 Å². The molecule has 0 aliphatic carbocycles. The molecule has 4 aromatic rings. The summed E-state index contributed by atoms with van der Waals surface area (Å²) >= 11 is 1.62. The van der Waals surface area contributed by atoms with Crippen LogP contribution in [0.2, 0.25) is 0 Å². The zero-order valence-electron chi connectivity index (χ0n) is 12.8. The first-order chi connectivity index (χ1) is 11.8. The summed E-state index contributed by atoms with van der Waals surface area (Å²) in [5.41, 5.74) is 4.01. The molecule has 2 heterocycles. The fourth-order valence-electron chi connectivity index (χ4n) is 2.35. The van der Waals surface area contributed by atoms with Crippen molar-refractivity contribution in [1.82, 2.24) is 25.6 Å². The van der Waals surface area contributed by atoms with Gasteiger partial charge in [0.15, 0.2) is 0 Å². The molecule has 0 radical (unpaired) electrons. The Labute approximate surface area is 142 Å². The number of aromatic amines is 1. The van der Waals surface area contributed by atoms with E-state index in [-0.39, 0.29) is 0 Å². The quantitative estimate of drug-likeness (QED) is 0.616. The molecule has 2 aromatic heterocycles. The maximum atomic E-state index is 5.19. The summed E-state index contributed by atoms with van der Waals surface area (Å²) < 4.78 is 5.19. The Morgan fingerprint density at radius 2 is 1.62 bits per heavy atom. The lowest BCUT2D eigenvalue weighted by atomic mass is 10.1. The number of nitrogens with one attached hydrogen (secondary N) is 1. The molecule has 0 aliphatic rings. The summed E-state index contributed by atoms with van der Waals surface area (Å²) in [4.78, 5) is 4.73. The minimum Gasteiger partial charge on any atom is -0.497 e. The standard InChI is InChI=1S/C17H13N5OS/c1-23-14-8-6-11(7-9-14)15-10-24-17(18-15)13-4-2-12(3-5-13)16-19-21-22-20-16/h2-10H,1H3,(H,19,20,21,22). The van der Waals surface area contributed by atoms with Crippen molar-refractivity contribution in [3.8, 4) is 39.0 Å². The van der Waals surface area contributed by atoms with Crippen molar-refractivity contribution in [1.29, 1.82) is 0 Å². The maximum Gasteiger partial charge on any atom is 0.204 e. The van der Waals surface area contributed by atoms with Gasteiger partial charge < -0.3 is 4.74 Å². The number of aromatic nitrogens is 5. The minimum atomic E-state index is 0.583. The second kappa shape index (κ2) is 6.21. The van der Waals surface area contributed by atoms with Gasteiger partial charge in [-0.1, -0.05) is 24.3 Å². The van der Waals surface area contributed by atoms with Crippen LogP contribution in [0.15, 0.2) is 53.9 Å². The van der Waals surface area contributed by atoms with Crippen LogP contribution in [0.25, 0.3) is 33.2 Å². The summed E-state index contributed by atoms with van der Waals surface area (Å²) in [6.45, 7) is 0. The fourth-order valence-corrected chi connectivity index (χ4v) is 3.18. The van der Waals surface area contributed by atoms with Gasteiger partial charge in [0.25, 0.3) is 0 Å². The van der Waals surface area contributed by atoms with E-state index in [2.05, 4.69) is 26.0 Å². The lowest BCUT2D eigenvalue weighted by Gasteiger charge is -2.01. The predicted octanol–water partition coefficient (Wildman–Crippen LogP) is 3.67. The lowest BCUT2D eigenvalue weighted by Crippen LogP contribution is -1.84. The van der Waals surface area contributed by atoms with E-state index in [1.54, 1.807) is 18.4 Å². The van der Waals surface area contributed by atoms with Gasteiger partial charge in [0.05, 0.1) is 12.8 Å². The third-order valence-corrected chi connectivity index (χ3v) is 4.52. The maximum absolute atomic E-state index is 5.19. The highest BCUT2D eigenvalue weighted by Gasteiger charge is 2.08. The molecule has 0 amide bonds. The van der Waals surface area contributed by atoms with Crippen LogP contribution in [0.5, 0.6) is 5.75 Å². The molecular weight excluding hydrogens is 322 g/mol. The molecule has 0 saturated heterocycles. The van der Waals surface area contributed by atoms with Gasteiger partial charge in [-0.3, -0.25) is 0 Å². The van der Waals surface area contributed by atoms with E-state index < -0.39 is 0 Å². The van der Waals surface area contributed by atoms with Crippen LogP contribution in [0.3, 0.4) is 0 Å². The number of ether oxygens (including phenoxy) is 1. The van der Waals surface area contributed by atoms with E-state index in [0.29, 0.717) is 5.82 Å². The number of rotatable bonds is 4. The van der Waals surface area contributed by atoms with Crippen molar-refractivity contribution in [3.05, 3.63) is 53.9 Å². The number of hydrogen-bond donors (Lipinski definition) is 1. The van der Waals surface area contributed by atoms with Crippen molar-refractivity contribution in [2.75, 3.05) is 7.11 Å². The summed E-state index contributed by atoms with van der Waals surface area (Å²) in [7, 11) is 1.66. The van der Waals surface area contributed by atoms with Crippen LogP contribution in [0.1, 0.15) is 0 Å². The highest BCUT2D eigenvalue weighted by Crippen LogP contribution is 2.30. The van der Waals surface area contributed by atoms with Crippen LogP contribution in [-0.4, -0.2) is 32.7 Å². The normalized spacial score (nSPS) is 10.7. The van der Waals surface area contributed by atoms with E-state index in [4.69, 9.17) is 9.72 Å². The molecule has 4 rings (SSSR count). The minimum absolute atomic E-state index is 0.583. The monoisotopic (exact) mass is 335 g/mol. The van der Waals surface area contributed by atoms with Crippen LogP contribution < -0.4 is 4.74 Å². The Morgan fingerprint density at radius 1 is 0.917 bits per heavy atom. The Bertz CT molecular complexity index is 930. The summed E-state index contributed by atoms with van der Waals surface area (Å²) in [5, 5.41) is 17.0. The first-order valence-corrected chi connectivity index (χ1v) is 8.15. The van der Waals surface area contributed by atoms with Gasteiger partial charge in [0.1, 0.15) is 10.8 Å². The van der Waals surface area contributed by atoms with E-state index in [9.17, 15) is 0 Å². The summed E-state index contributed by atoms with van der Waals surface area (Å²) in [6.07, 6.45) is 0. The third-order valence-electron chi connectivity index (χ3n) is 3.63. The third kappa shape index (κ3) is 2.77. The summed E-state index contributed by atoms with van der Waals surface area (Å²) in [5.74, 6) is 1.42. The molecule has 0 spiro atoms. The molecule has 118 valence electrons. The van der Waals surface area contributed by atoms with Crippen molar-refractivity contribution >= 4 is 11.3 Å². The van der Waals surface area contributed by atoms with E-state index in [0.717, 1.165) is 33.1 Å². The highest BCUT2D eigenvalue weighted by atomic mass is 32.1. The van der Waals surface area contributed by atoms with Gasteiger partial charge in [-0.25, -0.2) is 4.98 Å². The number of methoxy groups -OCH3 is 1. The fraction of sp³-hybridized carbons (Fsp3) is 0.0588. The Kier molecular flexibility index (Phi) is 3.76. The predicted molar refractivity (Wildman–Crippen MR) is 92.7 cm³/mol. The van der Waals surface area contributed by atoms with E-state index >= 15 is 0 Å². The Hall–Kier alpha value is -3.06. The van der Waals surface area contributed by atoms with Crippen molar-refractivity contribution in [2.45, 2.75) is 0 Å². The van der Waals surface area contributed by atoms with Gasteiger partial charge in [-0.05, 0) is 29.5 Å². The SMILES string of the molecule is COc1ccc(-c2csc(-c3ccc(-c4nn[nH]n4)cc3)n2)cc1. The molecule has 1 N–H and O–H groups in total. The van der Waals surface area contributed by atoms with Crippen LogP contribution in [0.4, 0.5) is 0 Å². The topological polar surface area (TPSA) is 76.6 Å². The van der Waals surface area contributed by atoms with E-state index in [1.807, 2.05) is 48.5 Å². The zero-order chi connectivity index (χ0) is 16.4. The van der Waals surface area contributed by atoms with Crippen LogP contribution >= 0.6 is 11.3 Å². The molecule has 0 unspecified atom stereocenters. The number of thiazole rings is 1. The molecule has 0 atom stereocenters. The van der Waals surface area contributed by atoms with Crippen molar-refractivity contribution in [2.24, 2.45) is 0 Å². The van der Waals surface area contributed by atoms with Gasteiger partial charge in [0.2, 0.25) is 5.82 Å². The number of hydrogen-bond acceptors (Lipinski definition) is 6. The second-order valence-electron chi connectivity index (χ2n) is 5.08. The number of nitrogens with zero attached hydrogens (tertiary/aromatic N) is 4. The van der Waals surface area contributed by atoms with Gasteiger partial charge in [-0.2, -0.15) is 5.21 Å². The molecule has 0 fully saturated rings. The molecule has 0 saturated carbocycles. The van der Waals surface area contributed by atoms with E-state index in [1.165, 1.54) is 0 Å². The molecule has 24 heavy (non-hydrogen) atoms. The zero-order valence-corrected chi connectivity index (χ0v) is 13.6. The second-order valence-corrected chi connectivity index (χ2v) is 5.94. The van der Waals surface area contributed by atoms with Gasteiger partial charge >= 0.3 is 0 Å². The average molecular weight is 335 g/mol. The number of benzene rings is 2. The molecule has 0 bridgehead atoms. The summed E-state index contributed by atoms with van der Waals surface area (Å²) in [6, 6.07) is 15.9. The Morgan fingerprint density at radius 3 is 2.29 bits per heavy atom. The molecule has 0 aliphatic heterocycles. The van der Waals surface area contributed by atoms with Gasteiger partial charge in [-0.15, -0.1) is 21.5 Å². The molecular formula is C17H13N5OS. The first-order valence-electron chi connectivity index (χ1n) is 7.28. The lowest BCUT2D eigenvalue weighted by molar-refractivity contribution is 0.415. The average Bonchev–Trinajstić information content (AvgIpc) is 3.34. The van der Waals surface area contributed by atoms with Crippen molar-refractivity contribution < 1.29 is 4.74 Å². The highest BCUT2D eigenvalue weighted by molar-refractivity contribution is 7.13.